The molecule has 2 atom stereocenters. The average Bonchev–Trinajstić information content (AvgIpc) is 3.00. The minimum Gasteiger partial charge on any atom is -0.480 e. The van der Waals surface area contributed by atoms with E-state index in [0.29, 0.717) is 23.0 Å². The van der Waals surface area contributed by atoms with Gasteiger partial charge in [-0.2, -0.15) is 0 Å². The summed E-state index contributed by atoms with van der Waals surface area (Å²) in [4.78, 5) is 17.7. The van der Waals surface area contributed by atoms with Crippen LogP contribution in [0.25, 0.3) is 0 Å². The van der Waals surface area contributed by atoms with Gasteiger partial charge in [-0.05, 0) is 48.2 Å². The van der Waals surface area contributed by atoms with E-state index in [4.69, 9.17) is 23.2 Å². The smallest absolute Gasteiger partial charge is 0.320 e. The molecule has 1 N–H and O–H groups in total. The topological polar surface area (TPSA) is 53.4 Å². The van der Waals surface area contributed by atoms with Gasteiger partial charge in [0.1, 0.15) is 6.04 Å². The maximum atomic E-state index is 11.6. The number of nitrogens with zero attached hydrogens (tertiary/aromatic N) is 2. The molecule has 23 heavy (non-hydrogen) atoms. The van der Waals surface area contributed by atoms with Crippen LogP contribution in [0.2, 0.25) is 10.0 Å². The number of benzene rings is 1. The van der Waals surface area contributed by atoms with Gasteiger partial charge in [0.2, 0.25) is 0 Å². The van der Waals surface area contributed by atoms with Crippen molar-refractivity contribution in [2.75, 3.05) is 6.54 Å². The summed E-state index contributed by atoms with van der Waals surface area (Å²) in [5, 5.41) is 10.6. The van der Waals surface area contributed by atoms with E-state index in [2.05, 4.69) is 4.98 Å². The first-order valence-electron chi connectivity index (χ1n) is 7.41. The quantitative estimate of drug-likeness (QED) is 0.904. The van der Waals surface area contributed by atoms with Crippen LogP contribution < -0.4 is 0 Å². The fourth-order valence-corrected chi connectivity index (χ4v) is 3.69. The van der Waals surface area contributed by atoms with Crippen molar-refractivity contribution in [2.24, 2.45) is 0 Å². The number of likely N-dealkylation sites (tertiary alicyclic amines) is 1. The normalized spacial score (nSPS) is 19.7. The number of aliphatic carboxylic acids is 1. The van der Waals surface area contributed by atoms with E-state index < -0.39 is 12.0 Å². The zero-order valence-electron chi connectivity index (χ0n) is 12.3. The van der Waals surface area contributed by atoms with Gasteiger partial charge in [-0.1, -0.05) is 29.3 Å². The molecule has 4 nitrogen and oxygen atoms in total. The van der Waals surface area contributed by atoms with Crippen molar-refractivity contribution < 1.29 is 9.90 Å². The van der Waals surface area contributed by atoms with Gasteiger partial charge in [0.05, 0.1) is 6.04 Å². The van der Waals surface area contributed by atoms with Gasteiger partial charge in [0.15, 0.2) is 0 Å². The molecule has 1 aliphatic rings. The SMILES string of the molecule is O=C(O)C1CCCN1C(c1ccncc1)c1ccc(Cl)cc1Cl. The Kier molecular flexibility index (Phi) is 4.85. The van der Waals surface area contributed by atoms with E-state index in [9.17, 15) is 9.90 Å². The van der Waals surface area contributed by atoms with Gasteiger partial charge < -0.3 is 5.11 Å². The molecule has 1 aromatic heterocycles. The average molecular weight is 351 g/mol. The number of pyridine rings is 1. The third-order valence-electron chi connectivity index (χ3n) is 4.19. The zero-order chi connectivity index (χ0) is 16.4. The molecular weight excluding hydrogens is 335 g/mol. The van der Waals surface area contributed by atoms with Crippen molar-refractivity contribution in [3.05, 3.63) is 63.9 Å². The van der Waals surface area contributed by atoms with Crippen LogP contribution in [0.5, 0.6) is 0 Å². The van der Waals surface area contributed by atoms with E-state index >= 15 is 0 Å². The molecule has 2 aromatic rings. The van der Waals surface area contributed by atoms with Gasteiger partial charge >= 0.3 is 5.97 Å². The standard InChI is InChI=1S/C17H16Cl2N2O2/c18-12-3-4-13(14(19)10-12)16(11-5-7-20-8-6-11)21-9-1-2-15(21)17(22)23/h3-8,10,15-16H,1-2,9H2,(H,22,23). The summed E-state index contributed by atoms with van der Waals surface area (Å²) in [6.07, 6.45) is 4.90. The summed E-state index contributed by atoms with van der Waals surface area (Å²) in [6.45, 7) is 0.711. The van der Waals surface area contributed by atoms with Crippen LogP contribution in [-0.2, 0) is 4.79 Å². The van der Waals surface area contributed by atoms with E-state index in [1.165, 1.54) is 0 Å². The van der Waals surface area contributed by atoms with Crippen LogP contribution in [-0.4, -0.2) is 33.5 Å². The number of rotatable bonds is 4. The number of aromatic nitrogens is 1. The summed E-state index contributed by atoms with van der Waals surface area (Å²) in [5.41, 5.74) is 1.83. The number of carboxylic acids is 1. The maximum Gasteiger partial charge on any atom is 0.320 e. The van der Waals surface area contributed by atoms with Gasteiger partial charge in [-0.3, -0.25) is 14.7 Å². The molecule has 2 unspecified atom stereocenters. The first kappa shape index (κ1) is 16.2. The largest absolute Gasteiger partial charge is 0.480 e. The van der Waals surface area contributed by atoms with Crippen LogP contribution in [0, 0.1) is 0 Å². The number of carbonyl (C=O) groups is 1. The molecule has 0 radical (unpaired) electrons. The molecule has 1 aromatic carbocycles. The third-order valence-corrected chi connectivity index (χ3v) is 4.75. The van der Waals surface area contributed by atoms with Crippen LogP contribution >= 0.6 is 23.2 Å². The van der Waals surface area contributed by atoms with Crippen LogP contribution in [0.15, 0.2) is 42.7 Å². The highest BCUT2D eigenvalue weighted by Gasteiger charge is 2.37. The summed E-state index contributed by atoms with van der Waals surface area (Å²) < 4.78 is 0. The van der Waals surface area contributed by atoms with E-state index in [1.54, 1.807) is 24.5 Å². The molecule has 0 bridgehead atoms. The summed E-state index contributed by atoms with van der Waals surface area (Å²) in [7, 11) is 0. The van der Waals surface area contributed by atoms with Crippen molar-refractivity contribution in [1.82, 2.24) is 9.88 Å². The molecule has 1 fully saturated rings. The summed E-state index contributed by atoms with van der Waals surface area (Å²) in [6, 6.07) is 8.39. The molecule has 3 rings (SSSR count). The second-order valence-corrected chi connectivity index (χ2v) is 6.43. The zero-order valence-corrected chi connectivity index (χ0v) is 13.8. The van der Waals surface area contributed by atoms with Crippen molar-refractivity contribution in [3.8, 4) is 0 Å². The van der Waals surface area contributed by atoms with Crippen molar-refractivity contribution in [1.29, 1.82) is 0 Å². The fraction of sp³-hybridized carbons (Fsp3) is 0.294. The molecule has 0 saturated carbocycles. The monoisotopic (exact) mass is 350 g/mol. The highest BCUT2D eigenvalue weighted by atomic mass is 35.5. The minimum absolute atomic E-state index is 0.230. The number of halogens is 2. The molecule has 1 aliphatic heterocycles. The van der Waals surface area contributed by atoms with Crippen LogP contribution in [0.1, 0.15) is 30.0 Å². The number of hydrogen-bond donors (Lipinski definition) is 1. The Morgan fingerprint density at radius 1 is 1.26 bits per heavy atom. The predicted octanol–water partition coefficient (Wildman–Crippen LogP) is 4.03. The van der Waals surface area contributed by atoms with Crippen molar-refractivity contribution in [2.45, 2.75) is 24.9 Å². The number of hydrogen-bond acceptors (Lipinski definition) is 3. The Labute approximate surface area is 144 Å². The highest BCUT2D eigenvalue weighted by Crippen LogP contribution is 2.38. The third kappa shape index (κ3) is 3.34. The molecule has 6 heteroatoms. The molecular formula is C17H16Cl2N2O2. The lowest BCUT2D eigenvalue weighted by molar-refractivity contribution is -0.142. The first-order valence-corrected chi connectivity index (χ1v) is 8.17. The predicted molar refractivity (Wildman–Crippen MR) is 89.9 cm³/mol. The highest BCUT2D eigenvalue weighted by molar-refractivity contribution is 6.35. The van der Waals surface area contributed by atoms with E-state index in [1.807, 2.05) is 23.1 Å². The lowest BCUT2D eigenvalue weighted by atomic mass is 9.97. The summed E-state index contributed by atoms with van der Waals surface area (Å²) in [5.74, 6) is -0.799. The molecule has 1 saturated heterocycles. The molecule has 0 aliphatic carbocycles. The van der Waals surface area contributed by atoms with E-state index in [0.717, 1.165) is 17.5 Å². The van der Waals surface area contributed by atoms with Gasteiger partial charge in [0.25, 0.3) is 0 Å². The molecule has 2 heterocycles. The van der Waals surface area contributed by atoms with Gasteiger partial charge in [0, 0.05) is 29.0 Å². The van der Waals surface area contributed by atoms with Gasteiger partial charge in [-0.25, -0.2) is 0 Å². The molecule has 120 valence electrons. The first-order chi connectivity index (χ1) is 11.1. The Hall–Kier alpha value is -1.62. The fourth-order valence-electron chi connectivity index (χ4n) is 3.18. The van der Waals surface area contributed by atoms with Crippen LogP contribution in [0.4, 0.5) is 0 Å². The summed E-state index contributed by atoms with van der Waals surface area (Å²) >= 11 is 12.4. The van der Waals surface area contributed by atoms with Crippen LogP contribution in [0.3, 0.4) is 0 Å². The Morgan fingerprint density at radius 2 is 2.00 bits per heavy atom. The lowest BCUT2D eigenvalue weighted by Gasteiger charge is -2.32. The van der Waals surface area contributed by atoms with Crippen molar-refractivity contribution >= 4 is 29.2 Å². The van der Waals surface area contributed by atoms with Gasteiger partial charge in [-0.15, -0.1) is 0 Å². The Balaban J connectivity index is 2.09. The molecule has 0 amide bonds. The minimum atomic E-state index is -0.799. The Bertz CT molecular complexity index is 709. The second-order valence-electron chi connectivity index (χ2n) is 5.58. The lowest BCUT2D eigenvalue weighted by Crippen LogP contribution is -2.39. The molecule has 0 spiro atoms. The second kappa shape index (κ2) is 6.87. The van der Waals surface area contributed by atoms with E-state index in [-0.39, 0.29) is 6.04 Å². The maximum absolute atomic E-state index is 11.6. The number of carboxylic acid groups (broad SMARTS) is 1. The van der Waals surface area contributed by atoms with Crippen molar-refractivity contribution in [3.63, 3.8) is 0 Å². The Morgan fingerprint density at radius 3 is 2.65 bits per heavy atom.